The normalized spacial score (nSPS) is 30.1. The number of esters is 1. The van der Waals surface area contributed by atoms with Crippen molar-refractivity contribution in [2.75, 3.05) is 0 Å². The molecule has 2 saturated carbocycles. The fourth-order valence-corrected chi connectivity index (χ4v) is 5.08. The van der Waals surface area contributed by atoms with Crippen molar-refractivity contribution in [1.82, 2.24) is 4.98 Å². The lowest BCUT2D eigenvalue weighted by atomic mass is 9.64. The predicted molar refractivity (Wildman–Crippen MR) is 92.7 cm³/mol. The topological polar surface area (TPSA) is 69.4 Å². The molecule has 0 saturated heterocycles. The maximum atomic E-state index is 12.2. The van der Waals surface area contributed by atoms with Crippen molar-refractivity contribution in [3.8, 4) is 0 Å². The van der Waals surface area contributed by atoms with Crippen LogP contribution in [0.15, 0.2) is 17.1 Å². The van der Waals surface area contributed by atoms with E-state index in [1.807, 2.05) is 0 Å². The molecule has 5 nitrogen and oxygen atoms in total. The summed E-state index contributed by atoms with van der Waals surface area (Å²) in [7, 11) is 0. The van der Waals surface area contributed by atoms with Gasteiger partial charge in [0.25, 0.3) is 0 Å². The molecule has 0 spiro atoms. The summed E-state index contributed by atoms with van der Waals surface area (Å²) >= 11 is 0. The second-order valence-electron chi connectivity index (χ2n) is 7.95. The molecule has 138 valence electrons. The van der Waals surface area contributed by atoms with Crippen LogP contribution in [0.1, 0.15) is 83.4 Å². The number of Topliss-reactive ketones (excluding diaryl/α,β-unsaturated/α-hetero) is 1. The number of carbonyl (C=O) groups is 2. The Labute approximate surface area is 149 Å². The first-order valence-corrected chi connectivity index (χ1v) is 9.58. The Bertz CT molecular complexity index is 597. The van der Waals surface area contributed by atoms with Crippen LogP contribution in [0.4, 0.5) is 0 Å². The van der Waals surface area contributed by atoms with Gasteiger partial charge in [0.05, 0.1) is 0 Å². The molecule has 5 heteroatoms. The third-order valence-electron chi connectivity index (χ3n) is 6.42. The van der Waals surface area contributed by atoms with E-state index in [4.69, 9.17) is 9.15 Å². The Morgan fingerprint density at radius 2 is 2.28 bits per heavy atom. The standard InChI is InChI=1S/C20H29NO4/c1-14(22)25-19(17-12-24-13-21-17)8-4-3-6-15-9-10-16-18(23)7-5-11-20(15,16)2/h12-13,15-16,19H,3-11H2,1-2H3/t15?,16-,19?,20+/m0/s1. The second kappa shape index (κ2) is 7.71. The van der Waals surface area contributed by atoms with Crippen molar-refractivity contribution in [2.24, 2.45) is 17.3 Å². The minimum atomic E-state index is -0.320. The fraction of sp³-hybridized carbons (Fsp3) is 0.750. The zero-order valence-electron chi connectivity index (χ0n) is 15.3. The van der Waals surface area contributed by atoms with Crippen LogP contribution in [-0.2, 0) is 14.3 Å². The molecular weight excluding hydrogens is 318 g/mol. The maximum absolute atomic E-state index is 12.2. The lowest BCUT2D eigenvalue weighted by molar-refractivity contribution is -0.147. The van der Waals surface area contributed by atoms with Gasteiger partial charge in [-0.2, -0.15) is 0 Å². The number of nitrogens with zero attached hydrogens (tertiary/aromatic N) is 1. The average molecular weight is 347 g/mol. The number of hydrogen-bond donors (Lipinski definition) is 0. The molecular formula is C20H29NO4. The van der Waals surface area contributed by atoms with E-state index in [0.717, 1.165) is 44.9 Å². The van der Waals surface area contributed by atoms with Crippen molar-refractivity contribution in [3.63, 3.8) is 0 Å². The van der Waals surface area contributed by atoms with Crippen molar-refractivity contribution in [2.45, 2.75) is 77.7 Å². The van der Waals surface area contributed by atoms with Crippen LogP contribution in [0.2, 0.25) is 0 Å². The van der Waals surface area contributed by atoms with Crippen LogP contribution in [0.3, 0.4) is 0 Å². The van der Waals surface area contributed by atoms with Crippen molar-refractivity contribution < 1.29 is 18.7 Å². The molecule has 0 bridgehead atoms. The average Bonchev–Trinajstić information content (AvgIpc) is 3.19. The van der Waals surface area contributed by atoms with Gasteiger partial charge in [0.15, 0.2) is 6.39 Å². The SMILES string of the molecule is CC(=O)OC(CCCCC1CC[C@H]2C(=O)CCC[C@]12C)c1cocn1. The smallest absolute Gasteiger partial charge is 0.303 e. The number of aromatic nitrogens is 1. The Morgan fingerprint density at radius 1 is 1.44 bits per heavy atom. The molecule has 0 amide bonds. The van der Waals surface area contributed by atoms with Gasteiger partial charge in [0.2, 0.25) is 0 Å². The van der Waals surface area contributed by atoms with Gasteiger partial charge in [0.1, 0.15) is 23.8 Å². The molecule has 2 aliphatic rings. The van der Waals surface area contributed by atoms with Gasteiger partial charge in [-0.15, -0.1) is 0 Å². The van der Waals surface area contributed by atoms with Crippen molar-refractivity contribution in [3.05, 3.63) is 18.4 Å². The quantitative estimate of drug-likeness (QED) is 0.531. The van der Waals surface area contributed by atoms with Crippen LogP contribution in [0, 0.1) is 17.3 Å². The van der Waals surface area contributed by atoms with E-state index in [1.54, 1.807) is 6.26 Å². The molecule has 0 aliphatic heterocycles. The van der Waals surface area contributed by atoms with Gasteiger partial charge >= 0.3 is 5.97 Å². The number of hydrogen-bond acceptors (Lipinski definition) is 5. The number of ether oxygens (including phenoxy) is 1. The Morgan fingerprint density at radius 3 is 3.00 bits per heavy atom. The van der Waals surface area contributed by atoms with Crippen LogP contribution in [-0.4, -0.2) is 16.7 Å². The third kappa shape index (κ3) is 3.96. The van der Waals surface area contributed by atoms with Gasteiger partial charge in [-0.25, -0.2) is 4.98 Å². The number of unbranched alkanes of at least 4 members (excludes halogenated alkanes) is 1. The molecule has 2 fully saturated rings. The monoisotopic (exact) mass is 347 g/mol. The van der Waals surface area contributed by atoms with E-state index in [9.17, 15) is 9.59 Å². The molecule has 1 aromatic rings. The van der Waals surface area contributed by atoms with Gasteiger partial charge in [0, 0.05) is 19.3 Å². The molecule has 4 atom stereocenters. The van der Waals surface area contributed by atoms with E-state index in [-0.39, 0.29) is 17.5 Å². The molecule has 0 N–H and O–H groups in total. The summed E-state index contributed by atoms with van der Waals surface area (Å²) in [6.07, 6.45) is 11.9. The Hall–Kier alpha value is -1.65. The molecule has 0 aromatic carbocycles. The summed E-state index contributed by atoms with van der Waals surface area (Å²) in [4.78, 5) is 27.6. The minimum Gasteiger partial charge on any atom is -0.456 e. The van der Waals surface area contributed by atoms with Gasteiger partial charge in [-0.1, -0.05) is 13.3 Å². The molecule has 1 aromatic heterocycles. The lowest BCUT2D eigenvalue weighted by Gasteiger charge is -2.40. The summed E-state index contributed by atoms with van der Waals surface area (Å²) in [6.45, 7) is 3.76. The van der Waals surface area contributed by atoms with Gasteiger partial charge in [-0.3, -0.25) is 9.59 Å². The third-order valence-corrected chi connectivity index (χ3v) is 6.42. The van der Waals surface area contributed by atoms with Gasteiger partial charge in [-0.05, 0) is 56.3 Å². The number of ketones is 1. The van der Waals surface area contributed by atoms with Crippen LogP contribution in [0.25, 0.3) is 0 Å². The first-order valence-electron chi connectivity index (χ1n) is 9.58. The zero-order valence-corrected chi connectivity index (χ0v) is 15.3. The number of fused-ring (bicyclic) bond motifs is 1. The Balaban J connectivity index is 1.49. The highest BCUT2D eigenvalue weighted by atomic mass is 16.5. The highest BCUT2D eigenvalue weighted by Gasteiger charge is 2.50. The first-order chi connectivity index (χ1) is 12.0. The maximum Gasteiger partial charge on any atom is 0.303 e. The van der Waals surface area contributed by atoms with Crippen LogP contribution < -0.4 is 0 Å². The van der Waals surface area contributed by atoms with E-state index in [0.29, 0.717) is 23.3 Å². The van der Waals surface area contributed by atoms with E-state index in [2.05, 4.69) is 11.9 Å². The molecule has 3 rings (SSSR count). The molecule has 2 aliphatic carbocycles. The predicted octanol–water partition coefficient (Wildman–Crippen LogP) is 4.62. The van der Waals surface area contributed by atoms with E-state index in [1.165, 1.54) is 26.2 Å². The molecule has 0 radical (unpaired) electrons. The second-order valence-corrected chi connectivity index (χ2v) is 7.95. The van der Waals surface area contributed by atoms with Gasteiger partial charge < -0.3 is 9.15 Å². The summed E-state index contributed by atoms with van der Waals surface area (Å²) in [5, 5.41) is 0. The zero-order chi connectivity index (χ0) is 17.9. The lowest BCUT2D eigenvalue weighted by Crippen LogP contribution is -2.37. The highest BCUT2D eigenvalue weighted by molar-refractivity contribution is 5.83. The molecule has 1 heterocycles. The minimum absolute atomic E-state index is 0.219. The fourth-order valence-electron chi connectivity index (χ4n) is 5.08. The van der Waals surface area contributed by atoms with E-state index < -0.39 is 0 Å². The summed E-state index contributed by atoms with van der Waals surface area (Å²) < 4.78 is 10.4. The molecule has 2 unspecified atom stereocenters. The largest absolute Gasteiger partial charge is 0.456 e. The first kappa shape index (κ1) is 18.2. The number of oxazole rings is 1. The van der Waals surface area contributed by atoms with Crippen molar-refractivity contribution >= 4 is 11.8 Å². The number of carbonyl (C=O) groups excluding carboxylic acids is 2. The van der Waals surface area contributed by atoms with E-state index >= 15 is 0 Å². The van der Waals surface area contributed by atoms with Crippen LogP contribution in [0.5, 0.6) is 0 Å². The summed E-state index contributed by atoms with van der Waals surface area (Å²) in [6, 6.07) is 0. The summed E-state index contributed by atoms with van der Waals surface area (Å²) in [5.41, 5.74) is 0.900. The molecule has 25 heavy (non-hydrogen) atoms. The highest BCUT2D eigenvalue weighted by Crippen LogP contribution is 2.55. The van der Waals surface area contributed by atoms with Crippen molar-refractivity contribution in [1.29, 1.82) is 0 Å². The van der Waals surface area contributed by atoms with Crippen LogP contribution >= 0.6 is 0 Å². The summed E-state index contributed by atoms with van der Waals surface area (Å²) in [5.74, 6) is 1.16. The number of rotatable bonds is 7. The Kier molecular flexibility index (Phi) is 5.60.